The fourth-order valence-corrected chi connectivity index (χ4v) is 2.14. The smallest absolute Gasteiger partial charge is 0.288 e. The lowest BCUT2D eigenvalue weighted by molar-refractivity contribution is -0.384. The molecule has 0 aliphatic carbocycles. The van der Waals surface area contributed by atoms with Gasteiger partial charge in [0.25, 0.3) is 5.69 Å². The number of allylic oxidation sites excluding steroid dienone is 1. The monoisotopic (exact) mass is 346 g/mol. The van der Waals surface area contributed by atoms with Crippen molar-refractivity contribution in [2.75, 3.05) is 0 Å². The van der Waals surface area contributed by atoms with Gasteiger partial charge in [-0.15, -0.1) is 0 Å². The molecule has 0 aromatic heterocycles. The predicted molar refractivity (Wildman–Crippen MR) is 87.5 cm³/mol. The summed E-state index contributed by atoms with van der Waals surface area (Å²) < 4.78 is 0. The Labute approximate surface area is 141 Å². The van der Waals surface area contributed by atoms with E-state index in [0.717, 1.165) is 0 Å². The number of hydrogen-bond acceptors (Lipinski definition) is 4. The Hall–Kier alpha value is -2.68. The highest BCUT2D eigenvalue weighted by molar-refractivity contribution is 6.32. The molecule has 0 unspecified atom stereocenters. The number of nitriles is 1. The van der Waals surface area contributed by atoms with E-state index in [4.69, 9.17) is 23.2 Å². The van der Waals surface area contributed by atoms with Gasteiger partial charge in [-0.25, -0.2) is 0 Å². The molecule has 0 aliphatic rings. The van der Waals surface area contributed by atoms with Gasteiger partial charge in [0.2, 0.25) is 5.78 Å². The third-order valence-electron chi connectivity index (χ3n) is 2.95. The Morgan fingerprint density at radius 2 is 1.83 bits per heavy atom. The number of rotatable bonds is 4. The van der Waals surface area contributed by atoms with Crippen molar-refractivity contribution in [3.05, 3.63) is 79.3 Å². The van der Waals surface area contributed by atoms with Crippen LogP contribution in [0.4, 0.5) is 5.69 Å². The summed E-state index contributed by atoms with van der Waals surface area (Å²) in [7, 11) is 0. The molecule has 0 atom stereocenters. The number of nitro benzene ring substituents is 1. The molecule has 0 N–H and O–H groups in total. The first-order chi connectivity index (χ1) is 10.9. The van der Waals surface area contributed by atoms with Crippen LogP contribution in [-0.4, -0.2) is 10.7 Å². The van der Waals surface area contributed by atoms with Crippen molar-refractivity contribution in [1.29, 1.82) is 5.26 Å². The van der Waals surface area contributed by atoms with Gasteiger partial charge in [-0.3, -0.25) is 14.9 Å². The van der Waals surface area contributed by atoms with Crippen LogP contribution in [0.2, 0.25) is 10.0 Å². The van der Waals surface area contributed by atoms with Gasteiger partial charge in [0.1, 0.15) is 16.7 Å². The van der Waals surface area contributed by atoms with Crippen molar-refractivity contribution in [1.82, 2.24) is 0 Å². The van der Waals surface area contributed by atoms with Crippen LogP contribution in [0.15, 0.2) is 48.0 Å². The van der Waals surface area contributed by atoms with E-state index in [9.17, 15) is 20.2 Å². The van der Waals surface area contributed by atoms with Gasteiger partial charge in [-0.05, 0) is 42.0 Å². The van der Waals surface area contributed by atoms with Gasteiger partial charge < -0.3 is 0 Å². The molecule has 2 rings (SSSR count). The topological polar surface area (TPSA) is 84.0 Å². The zero-order valence-corrected chi connectivity index (χ0v) is 13.0. The summed E-state index contributed by atoms with van der Waals surface area (Å²) in [4.78, 5) is 22.5. The maximum atomic E-state index is 12.3. The van der Waals surface area contributed by atoms with E-state index in [0.29, 0.717) is 16.1 Å². The number of nitro groups is 1. The van der Waals surface area contributed by atoms with Gasteiger partial charge in [0, 0.05) is 16.7 Å². The van der Waals surface area contributed by atoms with Crippen molar-refractivity contribution in [2.24, 2.45) is 0 Å². The van der Waals surface area contributed by atoms with Gasteiger partial charge in [-0.1, -0.05) is 29.3 Å². The summed E-state index contributed by atoms with van der Waals surface area (Å²) in [6, 6.07) is 11.9. The van der Waals surface area contributed by atoms with Crippen LogP contribution in [0.3, 0.4) is 0 Å². The number of nitrogens with zero attached hydrogens (tertiary/aromatic N) is 2. The van der Waals surface area contributed by atoms with E-state index in [1.165, 1.54) is 48.5 Å². The first kappa shape index (κ1) is 16.7. The first-order valence-corrected chi connectivity index (χ1v) is 7.04. The zero-order chi connectivity index (χ0) is 17.0. The standard InChI is InChI=1S/C16H8Cl2N2O3/c17-13-4-2-11(3-5-13)16(21)12(9-19)7-10-1-6-14(18)15(8-10)20(22)23/h1-8H/b12-7+. The minimum absolute atomic E-state index is 0.0188. The molecule has 5 nitrogen and oxygen atoms in total. The Kier molecular flexibility index (Phi) is 5.12. The summed E-state index contributed by atoms with van der Waals surface area (Å²) >= 11 is 11.5. The van der Waals surface area contributed by atoms with Crippen molar-refractivity contribution in [3.63, 3.8) is 0 Å². The SMILES string of the molecule is N#C/C(=C\c1ccc(Cl)c([N+](=O)[O-])c1)C(=O)c1ccc(Cl)cc1. The molecule has 0 aliphatic heterocycles. The second kappa shape index (κ2) is 7.05. The first-order valence-electron chi connectivity index (χ1n) is 6.28. The van der Waals surface area contributed by atoms with E-state index in [1.54, 1.807) is 6.07 Å². The van der Waals surface area contributed by atoms with Gasteiger partial charge in [0.15, 0.2) is 0 Å². The van der Waals surface area contributed by atoms with Gasteiger partial charge in [0.05, 0.1) is 4.92 Å². The van der Waals surface area contributed by atoms with Crippen LogP contribution in [0.5, 0.6) is 0 Å². The van der Waals surface area contributed by atoms with Crippen LogP contribution < -0.4 is 0 Å². The number of halogens is 2. The van der Waals surface area contributed by atoms with Crippen LogP contribution in [0, 0.1) is 21.4 Å². The molecule has 0 heterocycles. The number of carbonyl (C=O) groups excluding carboxylic acids is 1. The summed E-state index contributed by atoms with van der Waals surface area (Å²) in [6.45, 7) is 0. The number of hydrogen-bond donors (Lipinski definition) is 0. The molecule has 7 heteroatoms. The van der Waals surface area contributed by atoms with Gasteiger partial charge >= 0.3 is 0 Å². The average molecular weight is 347 g/mol. The lowest BCUT2D eigenvalue weighted by atomic mass is 10.0. The van der Waals surface area contributed by atoms with E-state index in [-0.39, 0.29) is 16.3 Å². The van der Waals surface area contributed by atoms with Crippen molar-refractivity contribution < 1.29 is 9.72 Å². The normalized spacial score (nSPS) is 10.9. The van der Waals surface area contributed by atoms with Gasteiger partial charge in [-0.2, -0.15) is 5.26 Å². The van der Waals surface area contributed by atoms with Crippen LogP contribution in [0.1, 0.15) is 15.9 Å². The maximum Gasteiger partial charge on any atom is 0.288 e. The quantitative estimate of drug-likeness (QED) is 0.264. The third-order valence-corrected chi connectivity index (χ3v) is 3.52. The molecular formula is C16H8Cl2N2O3. The highest BCUT2D eigenvalue weighted by atomic mass is 35.5. The summed E-state index contributed by atoms with van der Waals surface area (Å²) in [5, 5.41) is 20.5. The highest BCUT2D eigenvalue weighted by Gasteiger charge is 2.15. The van der Waals surface area contributed by atoms with Crippen molar-refractivity contribution >= 4 is 40.7 Å². The molecule has 0 saturated carbocycles. The molecule has 0 bridgehead atoms. The Balaban J connectivity index is 2.41. The molecule has 0 saturated heterocycles. The minimum atomic E-state index is -0.632. The molecular weight excluding hydrogens is 339 g/mol. The van der Waals surface area contributed by atoms with Crippen molar-refractivity contribution in [2.45, 2.75) is 0 Å². The van der Waals surface area contributed by atoms with E-state index >= 15 is 0 Å². The average Bonchev–Trinajstić information content (AvgIpc) is 2.54. The van der Waals surface area contributed by atoms with E-state index < -0.39 is 10.7 Å². The van der Waals surface area contributed by atoms with E-state index in [2.05, 4.69) is 0 Å². The molecule has 2 aromatic rings. The minimum Gasteiger partial charge on any atom is -0.288 e. The Morgan fingerprint density at radius 1 is 1.17 bits per heavy atom. The number of Topliss-reactive ketones (excluding diaryl/α,β-unsaturated/α-hetero) is 1. The molecule has 23 heavy (non-hydrogen) atoms. The zero-order valence-electron chi connectivity index (χ0n) is 11.5. The Morgan fingerprint density at radius 3 is 2.39 bits per heavy atom. The van der Waals surface area contributed by atoms with Crippen LogP contribution >= 0.6 is 23.2 Å². The fourth-order valence-electron chi connectivity index (χ4n) is 1.83. The largest absolute Gasteiger partial charge is 0.288 e. The summed E-state index contributed by atoms with van der Waals surface area (Å²) in [5.41, 5.74) is 0.186. The van der Waals surface area contributed by atoms with Crippen LogP contribution in [0.25, 0.3) is 6.08 Å². The second-order valence-electron chi connectivity index (χ2n) is 4.47. The summed E-state index contributed by atoms with van der Waals surface area (Å²) in [6.07, 6.45) is 1.28. The predicted octanol–water partition coefficient (Wildman–Crippen LogP) is 4.69. The summed E-state index contributed by atoms with van der Waals surface area (Å²) in [5.74, 6) is -0.498. The lowest BCUT2D eigenvalue weighted by Gasteiger charge is -2.01. The lowest BCUT2D eigenvalue weighted by Crippen LogP contribution is -2.01. The second-order valence-corrected chi connectivity index (χ2v) is 5.32. The van der Waals surface area contributed by atoms with Crippen LogP contribution in [-0.2, 0) is 0 Å². The number of benzene rings is 2. The van der Waals surface area contributed by atoms with Crippen molar-refractivity contribution in [3.8, 4) is 6.07 Å². The maximum absolute atomic E-state index is 12.3. The number of ketones is 1. The molecule has 2 aromatic carbocycles. The van der Waals surface area contributed by atoms with E-state index in [1.807, 2.05) is 0 Å². The Bertz CT molecular complexity index is 853. The fraction of sp³-hybridized carbons (Fsp3) is 0. The molecule has 0 radical (unpaired) electrons. The number of carbonyl (C=O) groups is 1. The highest BCUT2D eigenvalue weighted by Crippen LogP contribution is 2.26. The molecule has 0 fully saturated rings. The molecule has 114 valence electrons. The third kappa shape index (κ3) is 3.95. The molecule has 0 amide bonds. The molecule has 0 spiro atoms.